The molecule has 0 saturated carbocycles. The van der Waals surface area contributed by atoms with Crippen molar-refractivity contribution >= 4 is 11.8 Å². The second kappa shape index (κ2) is 6.23. The molecule has 0 spiro atoms. The van der Waals surface area contributed by atoms with E-state index in [1.54, 1.807) is 12.1 Å². The molecule has 0 aliphatic heterocycles. The van der Waals surface area contributed by atoms with Crippen LogP contribution in [0.4, 0.5) is 4.39 Å². The molecule has 0 unspecified atom stereocenters. The lowest BCUT2D eigenvalue weighted by atomic mass is 9.96. The van der Waals surface area contributed by atoms with Crippen LogP contribution in [0.5, 0.6) is 0 Å². The quantitative estimate of drug-likeness (QED) is 0.572. The molecule has 24 heavy (non-hydrogen) atoms. The van der Waals surface area contributed by atoms with E-state index in [9.17, 15) is 4.39 Å². The van der Waals surface area contributed by atoms with Gasteiger partial charge in [0.1, 0.15) is 5.82 Å². The predicted octanol–water partition coefficient (Wildman–Crippen LogP) is 2.77. The second-order valence-electron chi connectivity index (χ2n) is 6.23. The van der Waals surface area contributed by atoms with Crippen molar-refractivity contribution in [3.63, 3.8) is 0 Å². The van der Waals surface area contributed by atoms with Crippen molar-refractivity contribution in [3.05, 3.63) is 41.8 Å². The Kier molecular flexibility index (Phi) is 4.27. The maximum atomic E-state index is 12.9. The van der Waals surface area contributed by atoms with Gasteiger partial charge in [-0.1, -0.05) is 37.7 Å². The molecule has 0 atom stereocenters. The van der Waals surface area contributed by atoms with Crippen LogP contribution in [-0.4, -0.2) is 25.0 Å². The highest BCUT2D eigenvalue weighted by Crippen LogP contribution is 2.25. The lowest BCUT2D eigenvalue weighted by molar-refractivity contribution is 0.391. The summed E-state index contributed by atoms with van der Waals surface area (Å²) in [5.74, 6) is 7.67. The number of hydrogen-bond acceptors (Lipinski definition) is 7. The van der Waals surface area contributed by atoms with Gasteiger partial charge in [-0.15, -0.1) is 10.2 Å². The molecular weight excluding hydrogens is 331 g/mol. The summed E-state index contributed by atoms with van der Waals surface area (Å²) in [7, 11) is 0. The van der Waals surface area contributed by atoms with Gasteiger partial charge in [0.05, 0.1) is 5.75 Å². The topological polar surface area (TPSA) is 95.6 Å². The van der Waals surface area contributed by atoms with Crippen LogP contribution in [0.3, 0.4) is 0 Å². The molecule has 0 amide bonds. The SMILES string of the molecule is CC(C)(C)c1nnc(SCc2nc(-c3ccc(F)cc3)no2)n1N. The molecule has 9 heteroatoms. The summed E-state index contributed by atoms with van der Waals surface area (Å²) in [6.07, 6.45) is 0. The Hall–Kier alpha value is -2.42. The number of nitrogens with zero attached hydrogens (tertiary/aromatic N) is 5. The number of nitrogens with two attached hydrogens (primary N) is 1. The molecule has 0 aliphatic rings. The normalized spacial score (nSPS) is 11.8. The summed E-state index contributed by atoms with van der Waals surface area (Å²) in [5.41, 5.74) is 0.495. The summed E-state index contributed by atoms with van der Waals surface area (Å²) in [6.45, 7) is 6.05. The van der Waals surface area contributed by atoms with Gasteiger partial charge >= 0.3 is 0 Å². The first kappa shape index (κ1) is 16.4. The molecule has 3 aromatic rings. The van der Waals surface area contributed by atoms with E-state index >= 15 is 0 Å². The van der Waals surface area contributed by atoms with E-state index in [0.717, 1.165) is 0 Å². The summed E-state index contributed by atoms with van der Waals surface area (Å²) < 4.78 is 19.6. The van der Waals surface area contributed by atoms with Crippen molar-refractivity contribution < 1.29 is 8.91 Å². The average molecular weight is 348 g/mol. The zero-order valence-corrected chi connectivity index (χ0v) is 14.3. The monoisotopic (exact) mass is 348 g/mol. The Balaban J connectivity index is 1.70. The molecular formula is C15H17FN6OS. The zero-order chi connectivity index (χ0) is 17.3. The highest BCUT2D eigenvalue weighted by atomic mass is 32.2. The van der Waals surface area contributed by atoms with Gasteiger partial charge in [-0.2, -0.15) is 4.98 Å². The van der Waals surface area contributed by atoms with Crippen LogP contribution in [0.15, 0.2) is 33.9 Å². The molecule has 1 aromatic carbocycles. The number of halogens is 1. The molecule has 0 saturated heterocycles. The maximum absolute atomic E-state index is 12.9. The van der Waals surface area contributed by atoms with Crippen molar-refractivity contribution in [2.24, 2.45) is 0 Å². The van der Waals surface area contributed by atoms with E-state index in [1.807, 2.05) is 20.8 Å². The van der Waals surface area contributed by atoms with Crippen LogP contribution in [0.25, 0.3) is 11.4 Å². The standard InChI is InChI=1S/C15H17FN6OS/c1-15(2,3)13-19-20-14(22(13)17)24-8-11-18-12(21-23-11)9-4-6-10(16)7-5-9/h4-7H,8,17H2,1-3H3. The largest absolute Gasteiger partial charge is 0.338 e. The minimum absolute atomic E-state index is 0.194. The van der Waals surface area contributed by atoms with E-state index in [4.69, 9.17) is 10.4 Å². The molecule has 2 aromatic heterocycles. The molecule has 2 heterocycles. The van der Waals surface area contributed by atoms with E-state index in [-0.39, 0.29) is 11.2 Å². The van der Waals surface area contributed by atoms with Gasteiger partial charge in [0, 0.05) is 11.0 Å². The van der Waals surface area contributed by atoms with E-state index in [2.05, 4.69) is 20.3 Å². The molecule has 0 fully saturated rings. The van der Waals surface area contributed by atoms with Gasteiger partial charge in [0.15, 0.2) is 5.82 Å². The van der Waals surface area contributed by atoms with Crippen LogP contribution in [0, 0.1) is 5.82 Å². The molecule has 2 N–H and O–H groups in total. The number of benzene rings is 1. The summed E-state index contributed by atoms with van der Waals surface area (Å²) in [6, 6.07) is 5.91. The summed E-state index contributed by atoms with van der Waals surface area (Å²) in [5, 5.41) is 12.7. The fourth-order valence-electron chi connectivity index (χ4n) is 2.04. The first-order valence-electron chi connectivity index (χ1n) is 7.27. The first-order chi connectivity index (χ1) is 11.3. The Labute approximate surface area is 142 Å². The Morgan fingerprint density at radius 1 is 1.21 bits per heavy atom. The van der Waals surface area contributed by atoms with E-state index in [1.165, 1.54) is 28.6 Å². The smallest absolute Gasteiger partial charge is 0.237 e. The third-order valence-corrected chi connectivity index (χ3v) is 4.16. The minimum Gasteiger partial charge on any atom is -0.338 e. The van der Waals surface area contributed by atoms with Crippen molar-refractivity contribution in [2.45, 2.75) is 37.1 Å². The van der Waals surface area contributed by atoms with Crippen molar-refractivity contribution in [2.75, 3.05) is 5.84 Å². The Morgan fingerprint density at radius 2 is 1.92 bits per heavy atom. The highest BCUT2D eigenvalue weighted by Gasteiger charge is 2.23. The van der Waals surface area contributed by atoms with Crippen molar-refractivity contribution in [3.8, 4) is 11.4 Å². The predicted molar refractivity (Wildman–Crippen MR) is 88.1 cm³/mol. The van der Waals surface area contributed by atoms with Crippen molar-refractivity contribution in [1.29, 1.82) is 0 Å². The van der Waals surface area contributed by atoms with Gasteiger partial charge in [-0.05, 0) is 24.3 Å². The number of rotatable bonds is 4. The molecule has 7 nitrogen and oxygen atoms in total. The molecule has 0 radical (unpaired) electrons. The molecule has 0 bridgehead atoms. The number of thioether (sulfide) groups is 1. The van der Waals surface area contributed by atoms with E-state index in [0.29, 0.717) is 34.0 Å². The van der Waals surface area contributed by atoms with Gasteiger partial charge in [-0.25, -0.2) is 9.07 Å². The van der Waals surface area contributed by atoms with Crippen LogP contribution in [0.2, 0.25) is 0 Å². The van der Waals surface area contributed by atoms with Crippen LogP contribution < -0.4 is 5.84 Å². The zero-order valence-electron chi connectivity index (χ0n) is 13.5. The van der Waals surface area contributed by atoms with E-state index < -0.39 is 0 Å². The molecule has 0 aliphatic carbocycles. The number of nitrogen functional groups attached to an aromatic ring is 1. The summed E-state index contributed by atoms with van der Waals surface area (Å²) in [4.78, 5) is 4.29. The van der Waals surface area contributed by atoms with Crippen LogP contribution >= 0.6 is 11.8 Å². The fourth-order valence-corrected chi connectivity index (χ4v) is 2.74. The number of aromatic nitrogens is 5. The maximum Gasteiger partial charge on any atom is 0.237 e. The molecule has 126 valence electrons. The third-order valence-electron chi connectivity index (χ3n) is 3.23. The second-order valence-corrected chi connectivity index (χ2v) is 7.18. The Bertz CT molecular complexity index is 837. The fraction of sp³-hybridized carbons (Fsp3) is 0.333. The minimum atomic E-state index is -0.310. The first-order valence-corrected chi connectivity index (χ1v) is 8.25. The highest BCUT2D eigenvalue weighted by molar-refractivity contribution is 7.98. The van der Waals surface area contributed by atoms with Crippen LogP contribution in [-0.2, 0) is 11.2 Å². The van der Waals surface area contributed by atoms with Gasteiger partial charge in [-0.3, -0.25) is 0 Å². The summed E-state index contributed by atoms with van der Waals surface area (Å²) >= 11 is 1.36. The van der Waals surface area contributed by atoms with Crippen molar-refractivity contribution in [1.82, 2.24) is 25.0 Å². The van der Waals surface area contributed by atoms with Gasteiger partial charge in [0.2, 0.25) is 16.9 Å². The molecule has 3 rings (SSSR count). The third kappa shape index (κ3) is 3.40. The average Bonchev–Trinajstić information content (AvgIpc) is 3.12. The van der Waals surface area contributed by atoms with Gasteiger partial charge in [0.25, 0.3) is 0 Å². The van der Waals surface area contributed by atoms with Crippen LogP contribution in [0.1, 0.15) is 32.5 Å². The lowest BCUT2D eigenvalue weighted by Crippen LogP contribution is -2.24. The van der Waals surface area contributed by atoms with Gasteiger partial charge < -0.3 is 10.4 Å². The number of hydrogen-bond donors (Lipinski definition) is 1. The Morgan fingerprint density at radius 3 is 2.54 bits per heavy atom. The lowest BCUT2D eigenvalue weighted by Gasteiger charge is -2.16.